The monoisotopic (exact) mass is 335 g/mol. The molecule has 0 aliphatic rings. The molecular formula is C17H29N5O2. The third-order valence-corrected chi connectivity index (χ3v) is 3.91. The van der Waals surface area contributed by atoms with Crippen LogP contribution in [-0.2, 0) is 18.5 Å². The second kappa shape index (κ2) is 6.93. The number of aromatic nitrogens is 4. The van der Waals surface area contributed by atoms with Gasteiger partial charge in [-0.1, -0.05) is 41.5 Å². The molecule has 0 atom stereocenters. The number of imidazole rings is 1. The van der Waals surface area contributed by atoms with E-state index in [4.69, 9.17) is 0 Å². The van der Waals surface area contributed by atoms with Crippen molar-refractivity contribution in [3.63, 3.8) is 0 Å². The molecule has 0 fully saturated rings. The van der Waals surface area contributed by atoms with Gasteiger partial charge in [-0.25, -0.2) is 9.78 Å². The average Bonchev–Trinajstić information content (AvgIpc) is 2.92. The highest BCUT2D eigenvalue weighted by atomic mass is 16.2. The summed E-state index contributed by atoms with van der Waals surface area (Å²) in [6.07, 6.45) is 0.727. The van der Waals surface area contributed by atoms with Gasteiger partial charge in [-0.15, -0.1) is 0 Å². The molecule has 134 valence electrons. The first kappa shape index (κ1) is 18.4. The van der Waals surface area contributed by atoms with Crippen LogP contribution in [0.4, 0.5) is 0 Å². The molecule has 0 bridgehead atoms. The van der Waals surface area contributed by atoms with Gasteiger partial charge in [-0.05, 0) is 6.42 Å². The Morgan fingerprint density at radius 2 is 1.83 bits per heavy atom. The topological polar surface area (TPSA) is 84.7 Å². The van der Waals surface area contributed by atoms with E-state index in [1.807, 2.05) is 27.7 Å². The van der Waals surface area contributed by atoms with Gasteiger partial charge in [0.05, 0.1) is 0 Å². The van der Waals surface area contributed by atoms with E-state index in [9.17, 15) is 9.59 Å². The second-order valence-corrected chi connectivity index (χ2v) is 7.53. The summed E-state index contributed by atoms with van der Waals surface area (Å²) in [6.45, 7) is 13.7. The lowest BCUT2D eigenvalue weighted by Crippen LogP contribution is -2.41. The van der Waals surface area contributed by atoms with Gasteiger partial charge >= 0.3 is 5.69 Å². The molecule has 0 aromatic carbocycles. The third-order valence-electron chi connectivity index (χ3n) is 3.91. The lowest BCUT2D eigenvalue weighted by atomic mass is 9.96. The van der Waals surface area contributed by atoms with Gasteiger partial charge in [-0.3, -0.25) is 13.9 Å². The number of hydrogen-bond acceptors (Lipinski definition) is 4. The Labute approximate surface area is 142 Å². The molecule has 7 heteroatoms. The van der Waals surface area contributed by atoms with E-state index >= 15 is 0 Å². The van der Waals surface area contributed by atoms with Crippen LogP contribution in [0, 0.1) is 0 Å². The Balaban J connectivity index is 2.65. The zero-order valence-corrected chi connectivity index (χ0v) is 15.6. The highest BCUT2D eigenvalue weighted by molar-refractivity contribution is 5.70. The number of hydrogen-bond donors (Lipinski definition) is 2. The molecule has 0 saturated heterocycles. The van der Waals surface area contributed by atoms with E-state index in [0.717, 1.165) is 6.42 Å². The molecule has 0 spiro atoms. The SMILES string of the molecule is CCCn1c(=O)c2[nH]c(C(C)(C)C)nc2n(CCNC(C)C)c1=O. The number of nitrogens with zero attached hydrogens (tertiary/aromatic N) is 3. The van der Waals surface area contributed by atoms with E-state index in [2.05, 4.69) is 29.1 Å². The molecule has 0 amide bonds. The molecule has 2 N–H and O–H groups in total. The van der Waals surface area contributed by atoms with Crippen molar-refractivity contribution in [1.82, 2.24) is 24.4 Å². The number of aromatic amines is 1. The number of fused-ring (bicyclic) bond motifs is 1. The summed E-state index contributed by atoms with van der Waals surface area (Å²) in [5.74, 6) is 0.716. The molecule has 0 aliphatic heterocycles. The van der Waals surface area contributed by atoms with Gasteiger partial charge in [0.2, 0.25) is 0 Å². The average molecular weight is 335 g/mol. The minimum atomic E-state index is -0.285. The van der Waals surface area contributed by atoms with E-state index in [1.165, 1.54) is 4.57 Å². The Morgan fingerprint density at radius 3 is 2.38 bits per heavy atom. The zero-order valence-electron chi connectivity index (χ0n) is 15.6. The largest absolute Gasteiger partial charge is 0.336 e. The van der Waals surface area contributed by atoms with Crippen LogP contribution >= 0.6 is 0 Å². The van der Waals surface area contributed by atoms with E-state index in [0.29, 0.717) is 42.7 Å². The first-order valence-corrected chi connectivity index (χ1v) is 8.64. The van der Waals surface area contributed by atoms with Crippen molar-refractivity contribution < 1.29 is 0 Å². The summed E-state index contributed by atoms with van der Waals surface area (Å²) in [4.78, 5) is 33.2. The highest BCUT2D eigenvalue weighted by Gasteiger charge is 2.22. The molecule has 0 unspecified atom stereocenters. The molecular weight excluding hydrogens is 306 g/mol. The first-order valence-electron chi connectivity index (χ1n) is 8.64. The predicted molar refractivity (Wildman–Crippen MR) is 96.7 cm³/mol. The predicted octanol–water partition coefficient (Wildman–Crippen LogP) is 1.59. The Hall–Kier alpha value is -1.89. The molecule has 24 heavy (non-hydrogen) atoms. The standard InChI is InChI=1S/C17H29N5O2/c1-7-9-22-14(23)12-13(20-15(19-12)17(4,5)6)21(16(22)24)10-8-18-11(2)3/h11,18H,7-10H2,1-6H3,(H,19,20). The Morgan fingerprint density at radius 1 is 1.17 bits per heavy atom. The molecule has 0 radical (unpaired) electrons. The summed E-state index contributed by atoms with van der Waals surface area (Å²) in [5.41, 5.74) is 0.0723. The number of H-pyrrole nitrogens is 1. The summed E-state index contributed by atoms with van der Waals surface area (Å²) < 4.78 is 2.91. The van der Waals surface area contributed by atoms with Crippen LogP contribution in [0.15, 0.2) is 9.59 Å². The molecule has 2 aromatic rings. The lowest BCUT2D eigenvalue weighted by molar-refractivity contribution is 0.510. The van der Waals surface area contributed by atoms with Crippen molar-refractivity contribution >= 4 is 11.2 Å². The summed E-state index contributed by atoms with van der Waals surface area (Å²) in [7, 11) is 0. The van der Waals surface area contributed by atoms with Gasteiger partial charge in [-0.2, -0.15) is 0 Å². The van der Waals surface area contributed by atoms with Crippen LogP contribution in [-0.4, -0.2) is 31.7 Å². The minimum absolute atomic E-state index is 0.224. The molecule has 2 heterocycles. The van der Waals surface area contributed by atoms with Gasteiger partial charge in [0.1, 0.15) is 11.3 Å². The van der Waals surface area contributed by atoms with Crippen LogP contribution in [0.3, 0.4) is 0 Å². The first-order chi connectivity index (χ1) is 11.2. The van der Waals surface area contributed by atoms with Crippen molar-refractivity contribution in [3.05, 3.63) is 26.7 Å². The normalized spacial score (nSPS) is 12.5. The molecule has 2 rings (SSSR count). The van der Waals surface area contributed by atoms with Crippen molar-refractivity contribution in [2.24, 2.45) is 0 Å². The van der Waals surface area contributed by atoms with Crippen molar-refractivity contribution in [2.45, 2.75) is 72.5 Å². The fourth-order valence-electron chi connectivity index (χ4n) is 2.61. The fourth-order valence-corrected chi connectivity index (χ4v) is 2.61. The summed E-state index contributed by atoms with van der Waals surface area (Å²) >= 11 is 0. The van der Waals surface area contributed by atoms with Gasteiger partial charge in [0.25, 0.3) is 5.56 Å². The van der Waals surface area contributed by atoms with Gasteiger partial charge in [0, 0.05) is 31.1 Å². The van der Waals surface area contributed by atoms with Gasteiger partial charge in [0.15, 0.2) is 5.65 Å². The van der Waals surface area contributed by atoms with Crippen LogP contribution < -0.4 is 16.6 Å². The maximum Gasteiger partial charge on any atom is 0.332 e. The Bertz CT molecular complexity index is 820. The summed E-state index contributed by atoms with van der Waals surface area (Å²) in [5, 5.41) is 3.30. The van der Waals surface area contributed by atoms with Gasteiger partial charge < -0.3 is 10.3 Å². The number of rotatable bonds is 6. The molecule has 0 aliphatic carbocycles. The molecule has 2 aromatic heterocycles. The van der Waals surface area contributed by atoms with Crippen molar-refractivity contribution in [2.75, 3.05) is 6.54 Å². The quantitative estimate of drug-likeness (QED) is 0.839. The smallest absolute Gasteiger partial charge is 0.332 e. The van der Waals surface area contributed by atoms with Crippen LogP contribution in [0.2, 0.25) is 0 Å². The minimum Gasteiger partial charge on any atom is -0.336 e. The van der Waals surface area contributed by atoms with E-state index < -0.39 is 0 Å². The van der Waals surface area contributed by atoms with Crippen LogP contribution in [0.5, 0.6) is 0 Å². The van der Waals surface area contributed by atoms with E-state index in [1.54, 1.807) is 4.57 Å². The van der Waals surface area contributed by atoms with Crippen LogP contribution in [0.25, 0.3) is 11.2 Å². The van der Waals surface area contributed by atoms with Crippen molar-refractivity contribution in [1.29, 1.82) is 0 Å². The maximum atomic E-state index is 12.8. The number of nitrogens with one attached hydrogen (secondary N) is 2. The molecule has 7 nitrogen and oxygen atoms in total. The maximum absolute atomic E-state index is 12.8. The van der Waals surface area contributed by atoms with E-state index in [-0.39, 0.29) is 16.7 Å². The lowest BCUT2D eigenvalue weighted by Gasteiger charge is -2.13. The highest BCUT2D eigenvalue weighted by Crippen LogP contribution is 2.20. The van der Waals surface area contributed by atoms with Crippen molar-refractivity contribution in [3.8, 4) is 0 Å². The Kier molecular flexibility index (Phi) is 5.32. The van der Waals surface area contributed by atoms with Crippen LogP contribution in [0.1, 0.15) is 53.8 Å². The zero-order chi connectivity index (χ0) is 18.1. The second-order valence-electron chi connectivity index (χ2n) is 7.53. The fraction of sp³-hybridized carbons (Fsp3) is 0.706. The third kappa shape index (κ3) is 3.61. The summed E-state index contributed by atoms with van der Waals surface area (Å²) in [6, 6.07) is 0.335. The molecule has 0 saturated carbocycles.